The number of carbonyl (C=O) groups excluding carboxylic acids is 2. The number of alkyl halides is 1. The summed E-state index contributed by atoms with van der Waals surface area (Å²) in [6.45, 7) is 1.84. The molecule has 0 aliphatic rings. The molecule has 1 aromatic rings. The van der Waals surface area contributed by atoms with Gasteiger partial charge >= 0.3 is 5.97 Å². The Balaban J connectivity index is 3.11. The molecule has 0 aliphatic carbocycles. The van der Waals surface area contributed by atoms with Crippen LogP contribution in [0.3, 0.4) is 0 Å². The van der Waals surface area contributed by atoms with E-state index >= 15 is 0 Å². The van der Waals surface area contributed by atoms with Crippen molar-refractivity contribution < 1.29 is 19.2 Å². The van der Waals surface area contributed by atoms with Crippen LogP contribution < -0.4 is 0 Å². The number of nitro benzene ring substituents is 1. The average molecular weight is 330 g/mol. The lowest BCUT2D eigenvalue weighted by molar-refractivity contribution is -0.385. The molecule has 0 amide bonds. The quantitative estimate of drug-likeness (QED) is 0.346. The first-order chi connectivity index (χ1) is 8.99. The fraction of sp³-hybridized carbons (Fsp3) is 0.333. The fourth-order valence-corrected chi connectivity index (χ4v) is 1.68. The van der Waals surface area contributed by atoms with E-state index in [0.717, 1.165) is 6.07 Å². The number of carbonyl (C=O) groups is 2. The van der Waals surface area contributed by atoms with Crippen LogP contribution in [0.25, 0.3) is 0 Å². The lowest BCUT2D eigenvalue weighted by atomic mass is 10.0. The van der Waals surface area contributed by atoms with Crippen molar-refractivity contribution in [1.82, 2.24) is 0 Å². The van der Waals surface area contributed by atoms with E-state index in [4.69, 9.17) is 4.74 Å². The third-order valence-electron chi connectivity index (χ3n) is 2.33. The van der Waals surface area contributed by atoms with E-state index in [1.54, 1.807) is 6.92 Å². The van der Waals surface area contributed by atoms with E-state index < -0.39 is 10.9 Å². The van der Waals surface area contributed by atoms with Gasteiger partial charge in [0.25, 0.3) is 5.69 Å². The largest absolute Gasteiger partial charge is 0.462 e. The van der Waals surface area contributed by atoms with Gasteiger partial charge in [-0.1, -0.05) is 22.0 Å². The van der Waals surface area contributed by atoms with Gasteiger partial charge in [-0.15, -0.1) is 0 Å². The lowest BCUT2D eigenvalue weighted by Crippen LogP contribution is -2.09. The van der Waals surface area contributed by atoms with Gasteiger partial charge in [0.1, 0.15) is 5.78 Å². The first kappa shape index (κ1) is 15.3. The van der Waals surface area contributed by atoms with Gasteiger partial charge in [0.15, 0.2) is 0 Å². The predicted molar refractivity (Wildman–Crippen MR) is 71.6 cm³/mol. The Morgan fingerprint density at radius 1 is 1.42 bits per heavy atom. The molecule has 1 aromatic carbocycles. The Morgan fingerprint density at radius 3 is 2.63 bits per heavy atom. The minimum atomic E-state index is -0.621. The van der Waals surface area contributed by atoms with Crippen LogP contribution in [0.15, 0.2) is 18.2 Å². The molecule has 0 saturated heterocycles. The van der Waals surface area contributed by atoms with Crippen LogP contribution in [-0.4, -0.2) is 28.6 Å². The van der Waals surface area contributed by atoms with Gasteiger partial charge in [-0.25, -0.2) is 4.79 Å². The number of hydrogen-bond donors (Lipinski definition) is 0. The van der Waals surface area contributed by atoms with Gasteiger partial charge in [-0.2, -0.15) is 0 Å². The van der Waals surface area contributed by atoms with Gasteiger partial charge in [-0.3, -0.25) is 14.9 Å². The summed E-state index contributed by atoms with van der Waals surface area (Å²) in [5.41, 5.74) is 0.131. The van der Waals surface area contributed by atoms with Gasteiger partial charge in [0.2, 0.25) is 0 Å². The van der Waals surface area contributed by atoms with Gasteiger partial charge in [0.05, 0.1) is 22.4 Å². The van der Waals surface area contributed by atoms with Crippen molar-refractivity contribution in [2.24, 2.45) is 0 Å². The summed E-state index contributed by atoms with van der Waals surface area (Å²) in [4.78, 5) is 33.1. The maximum Gasteiger partial charge on any atom is 0.338 e. The highest BCUT2D eigenvalue weighted by Crippen LogP contribution is 2.22. The normalized spacial score (nSPS) is 10.0. The van der Waals surface area contributed by atoms with E-state index in [2.05, 4.69) is 15.9 Å². The monoisotopic (exact) mass is 329 g/mol. The third kappa shape index (κ3) is 4.13. The Kier molecular flexibility index (Phi) is 5.62. The lowest BCUT2D eigenvalue weighted by Gasteiger charge is -2.05. The van der Waals surface area contributed by atoms with Crippen LogP contribution in [0, 0.1) is 10.1 Å². The molecule has 0 heterocycles. The van der Waals surface area contributed by atoms with Crippen molar-refractivity contribution in [1.29, 1.82) is 0 Å². The molecule has 102 valence electrons. The second kappa shape index (κ2) is 6.98. The molecule has 0 aliphatic heterocycles. The highest BCUT2D eigenvalue weighted by atomic mass is 79.9. The van der Waals surface area contributed by atoms with E-state index in [1.807, 2.05) is 0 Å². The van der Waals surface area contributed by atoms with Crippen LogP contribution in [-0.2, 0) is 16.0 Å². The molecule has 0 bridgehead atoms. The van der Waals surface area contributed by atoms with Crippen molar-refractivity contribution in [3.63, 3.8) is 0 Å². The number of rotatable bonds is 6. The predicted octanol–water partition coefficient (Wildman–Crippen LogP) is 2.28. The van der Waals surface area contributed by atoms with Gasteiger partial charge < -0.3 is 4.74 Å². The molecule has 0 atom stereocenters. The maximum absolute atomic E-state index is 11.5. The van der Waals surface area contributed by atoms with Crippen LogP contribution in [0.4, 0.5) is 5.69 Å². The first-order valence-corrected chi connectivity index (χ1v) is 6.63. The topological polar surface area (TPSA) is 86.5 Å². The highest BCUT2D eigenvalue weighted by molar-refractivity contribution is 9.09. The second-order valence-corrected chi connectivity index (χ2v) is 4.23. The number of hydrogen-bond acceptors (Lipinski definition) is 5. The summed E-state index contributed by atoms with van der Waals surface area (Å²) in [7, 11) is 0. The number of nitro groups is 1. The molecule has 0 fully saturated rings. The Bertz CT molecular complexity index is 515. The summed E-state index contributed by atoms with van der Waals surface area (Å²) in [5, 5.41) is 11.1. The first-order valence-electron chi connectivity index (χ1n) is 5.51. The summed E-state index contributed by atoms with van der Waals surface area (Å²) < 4.78 is 4.77. The molecule has 6 nitrogen and oxygen atoms in total. The molecule has 19 heavy (non-hydrogen) atoms. The van der Waals surface area contributed by atoms with Crippen molar-refractivity contribution >= 4 is 33.4 Å². The summed E-state index contributed by atoms with van der Waals surface area (Å²) in [6, 6.07) is 3.96. The van der Waals surface area contributed by atoms with E-state index in [-0.39, 0.29) is 41.0 Å². The summed E-state index contributed by atoms with van der Waals surface area (Å²) in [6.07, 6.45) is -0.0509. The average Bonchev–Trinajstić information content (AvgIpc) is 2.38. The fourth-order valence-electron chi connectivity index (χ4n) is 1.48. The number of nitrogens with zero attached hydrogens (tertiary/aromatic N) is 1. The number of ether oxygens (including phenoxy) is 1. The zero-order chi connectivity index (χ0) is 14.4. The molecule has 0 aromatic heterocycles. The summed E-state index contributed by atoms with van der Waals surface area (Å²) in [5.74, 6) is -0.795. The van der Waals surface area contributed by atoms with Crippen molar-refractivity contribution in [3.05, 3.63) is 39.4 Å². The molecule has 0 N–H and O–H groups in total. The third-order valence-corrected chi connectivity index (χ3v) is 2.96. The SMILES string of the molecule is CCOC(=O)c1ccc(CC(=O)CBr)c([N+](=O)[O-])c1. The zero-order valence-corrected chi connectivity index (χ0v) is 11.8. The molecule has 0 spiro atoms. The zero-order valence-electron chi connectivity index (χ0n) is 10.2. The van der Waals surface area contributed by atoms with Crippen LogP contribution in [0.5, 0.6) is 0 Å². The van der Waals surface area contributed by atoms with Crippen molar-refractivity contribution in [3.8, 4) is 0 Å². The van der Waals surface area contributed by atoms with E-state index in [0.29, 0.717) is 0 Å². The molecule has 0 unspecified atom stereocenters. The molecule has 0 saturated carbocycles. The highest BCUT2D eigenvalue weighted by Gasteiger charge is 2.19. The van der Waals surface area contributed by atoms with E-state index in [1.165, 1.54) is 12.1 Å². The molecule has 1 rings (SSSR count). The molecule has 0 radical (unpaired) electrons. The number of halogens is 1. The standard InChI is InChI=1S/C12H12BrNO5/c1-2-19-12(16)9-4-3-8(5-10(15)7-13)11(6-9)14(17)18/h3-4,6H,2,5,7H2,1H3. The Hall–Kier alpha value is -1.76. The Labute approximate surface area is 118 Å². The number of esters is 1. The van der Waals surface area contributed by atoms with Crippen molar-refractivity contribution in [2.75, 3.05) is 11.9 Å². The molecular weight excluding hydrogens is 318 g/mol. The van der Waals surface area contributed by atoms with Gasteiger partial charge in [0, 0.05) is 18.1 Å². The maximum atomic E-state index is 11.5. The second-order valence-electron chi connectivity index (χ2n) is 3.67. The molecular formula is C12H12BrNO5. The van der Waals surface area contributed by atoms with Crippen LogP contribution in [0.1, 0.15) is 22.8 Å². The van der Waals surface area contributed by atoms with Crippen molar-refractivity contribution in [2.45, 2.75) is 13.3 Å². The Morgan fingerprint density at radius 2 is 2.11 bits per heavy atom. The number of Topliss-reactive ketones (excluding diaryl/α,β-unsaturated/α-hetero) is 1. The number of benzene rings is 1. The number of ketones is 1. The minimum Gasteiger partial charge on any atom is -0.462 e. The van der Waals surface area contributed by atoms with Crippen LogP contribution >= 0.6 is 15.9 Å². The van der Waals surface area contributed by atoms with Crippen LogP contribution in [0.2, 0.25) is 0 Å². The minimum absolute atomic E-state index is 0.0509. The van der Waals surface area contributed by atoms with E-state index in [9.17, 15) is 19.7 Å². The smallest absolute Gasteiger partial charge is 0.338 e. The summed E-state index contributed by atoms with van der Waals surface area (Å²) >= 11 is 3.00. The van der Waals surface area contributed by atoms with Gasteiger partial charge in [-0.05, 0) is 13.0 Å². The molecule has 7 heteroatoms.